The highest BCUT2D eigenvalue weighted by Crippen LogP contribution is 2.35. The summed E-state index contributed by atoms with van der Waals surface area (Å²) in [4.78, 5) is 0. The van der Waals surface area contributed by atoms with Crippen molar-refractivity contribution in [3.63, 3.8) is 0 Å². The second-order valence-corrected chi connectivity index (χ2v) is 6.19. The van der Waals surface area contributed by atoms with Crippen LogP contribution in [0.25, 0.3) is 5.69 Å². The van der Waals surface area contributed by atoms with E-state index in [2.05, 4.69) is 30.5 Å². The maximum Gasteiger partial charge on any atom is 0.0814 e. The van der Waals surface area contributed by atoms with Gasteiger partial charge in [0.2, 0.25) is 0 Å². The molecule has 0 radical (unpaired) electrons. The Morgan fingerprint density at radius 3 is 2.52 bits per heavy atom. The number of hydrazine groups is 1. The van der Waals surface area contributed by atoms with Gasteiger partial charge in [-0.1, -0.05) is 38.0 Å². The molecule has 21 heavy (non-hydrogen) atoms. The molecule has 1 atom stereocenters. The monoisotopic (exact) mass is 284 g/mol. The molecule has 1 saturated carbocycles. The number of hydrogen-bond donors (Lipinski definition) is 2. The predicted octanol–water partition coefficient (Wildman–Crippen LogP) is 3.20. The minimum atomic E-state index is 0.155. The van der Waals surface area contributed by atoms with Crippen molar-refractivity contribution in [3.05, 3.63) is 48.3 Å². The fourth-order valence-electron chi connectivity index (χ4n) is 3.31. The first-order valence-corrected chi connectivity index (χ1v) is 7.85. The van der Waals surface area contributed by atoms with E-state index < -0.39 is 0 Å². The first-order chi connectivity index (χ1) is 10.3. The molecule has 1 aliphatic carbocycles. The van der Waals surface area contributed by atoms with E-state index in [1.54, 1.807) is 0 Å². The van der Waals surface area contributed by atoms with Crippen LogP contribution in [0.5, 0.6) is 0 Å². The lowest BCUT2D eigenvalue weighted by molar-refractivity contribution is 0.229. The van der Waals surface area contributed by atoms with Gasteiger partial charge in [0.05, 0.1) is 17.4 Å². The van der Waals surface area contributed by atoms with Crippen LogP contribution >= 0.6 is 0 Å². The second-order valence-electron chi connectivity index (χ2n) is 6.19. The fourth-order valence-corrected chi connectivity index (χ4v) is 3.31. The summed E-state index contributed by atoms with van der Waals surface area (Å²) in [5.74, 6) is 7.26. The molecule has 0 bridgehead atoms. The molecule has 0 saturated heterocycles. The lowest BCUT2D eigenvalue weighted by atomic mass is 9.78. The van der Waals surface area contributed by atoms with Gasteiger partial charge in [-0.2, -0.15) is 5.10 Å². The van der Waals surface area contributed by atoms with Gasteiger partial charge in [-0.25, -0.2) is 4.68 Å². The zero-order valence-electron chi connectivity index (χ0n) is 12.6. The third-order valence-electron chi connectivity index (χ3n) is 4.66. The van der Waals surface area contributed by atoms with Crippen molar-refractivity contribution in [3.8, 4) is 5.69 Å². The molecule has 0 amide bonds. The molecule has 1 unspecified atom stereocenters. The van der Waals surface area contributed by atoms with E-state index in [9.17, 15) is 0 Å². The fraction of sp³-hybridized carbons (Fsp3) is 0.471. The number of benzene rings is 1. The van der Waals surface area contributed by atoms with Crippen molar-refractivity contribution in [1.29, 1.82) is 0 Å². The van der Waals surface area contributed by atoms with E-state index in [1.165, 1.54) is 25.7 Å². The topological polar surface area (TPSA) is 55.9 Å². The summed E-state index contributed by atoms with van der Waals surface area (Å²) in [7, 11) is 0. The largest absolute Gasteiger partial charge is 0.271 e. The van der Waals surface area contributed by atoms with Gasteiger partial charge in [0.15, 0.2) is 0 Å². The Hall–Kier alpha value is -1.65. The molecule has 2 aromatic rings. The van der Waals surface area contributed by atoms with E-state index in [4.69, 9.17) is 10.9 Å². The Kier molecular flexibility index (Phi) is 4.36. The molecular formula is C17H24N4. The van der Waals surface area contributed by atoms with E-state index in [1.807, 2.05) is 29.1 Å². The van der Waals surface area contributed by atoms with E-state index in [0.717, 1.165) is 17.3 Å². The second kappa shape index (κ2) is 6.41. The summed E-state index contributed by atoms with van der Waals surface area (Å²) >= 11 is 0. The van der Waals surface area contributed by atoms with Crippen LogP contribution in [-0.2, 0) is 0 Å². The first-order valence-electron chi connectivity index (χ1n) is 7.85. The molecule has 1 heterocycles. The molecule has 1 fully saturated rings. The first kappa shape index (κ1) is 14.3. The van der Waals surface area contributed by atoms with Crippen LogP contribution in [0.2, 0.25) is 0 Å². The molecule has 1 aromatic heterocycles. The summed E-state index contributed by atoms with van der Waals surface area (Å²) in [6, 6.07) is 12.4. The van der Waals surface area contributed by atoms with E-state index >= 15 is 0 Å². The molecule has 0 aliphatic heterocycles. The lowest BCUT2D eigenvalue weighted by Gasteiger charge is -2.31. The standard InChI is InChI=1S/C17H24N4/c1-13-7-9-14(10-8-13)17(19-18)16-11-12-21(20-16)15-5-3-2-4-6-15/h2-6,11-14,17,19H,7-10,18H2,1H3. The highest BCUT2D eigenvalue weighted by atomic mass is 15.3. The molecule has 1 aliphatic rings. The number of aromatic nitrogens is 2. The average Bonchev–Trinajstić information content (AvgIpc) is 3.00. The van der Waals surface area contributed by atoms with Crippen LogP contribution in [0.15, 0.2) is 42.6 Å². The number of hydrogen-bond acceptors (Lipinski definition) is 3. The van der Waals surface area contributed by atoms with Gasteiger partial charge in [0.1, 0.15) is 0 Å². The smallest absolute Gasteiger partial charge is 0.0814 e. The summed E-state index contributed by atoms with van der Waals surface area (Å²) in [5.41, 5.74) is 5.11. The molecule has 4 heteroatoms. The highest BCUT2D eigenvalue weighted by Gasteiger charge is 2.28. The molecule has 4 nitrogen and oxygen atoms in total. The van der Waals surface area contributed by atoms with Gasteiger partial charge in [0.25, 0.3) is 0 Å². The highest BCUT2D eigenvalue weighted by molar-refractivity contribution is 5.30. The third-order valence-corrected chi connectivity index (χ3v) is 4.66. The van der Waals surface area contributed by atoms with Crippen LogP contribution < -0.4 is 11.3 Å². The lowest BCUT2D eigenvalue weighted by Crippen LogP contribution is -2.35. The number of para-hydroxylation sites is 1. The number of nitrogens with two attached hydrogens (primary N) is 1. The Labute approximate surface area is 126 Å². The van der Waals surface area contributed by atoms with Crippen molar-refractivity contribution >= 4 is 0 Å². The SMILES string of the molecule is CC1CCC(C(NN)c2ccn(-c3ccccc3)n2)CC1. The van der Waals surface area contributed by atoms with Crippen molar-refractivity contribution < 1.29 is 0 Å². The van der Waals surface area contributed by atoms with Crippen LogP contribution in [0.4, 0.5) is 0 Å². The maximum atomic E-state index is 5.82. The minimum absolute atomic E-state index is 0.155. The minimum Gasteiger partial charge on any atom is -0.271 e. The van der Waals surface area contributed by atoms with Crippen molar-refractivity contribution in [1.82, 2.24) is 15.2 Å². The third kappa shape index (κ3) is 3.17. The van der Waals surface area contributed by atoms with Crippen LogP contribution in [0, 0.1) is 11.8 Å². The zero-order chi connectivity index (χ0) is 14.7. The zero-order valence-corrected chi connectivity index (χ0v) is 12.6. The summed E-state index contributed by atoms with van der Waals surface area (Å²) in [6.07, 6.45) is 7.06. The number of nitrogens with one attached hydrogen (secondary N) is 1. The van der Waals surface area contributed by atoms with Crippen molar-refractivity contribution in [2.24, 2.45) is 17.7 Å². The van der Waals surface area contributed by atoms with Crippen molar-refractivity contribution in [2.45, 2.75) is 38.6 Å². The normalized spacial score (nSPS) is 23.9. The molecule has 3 rings (SSSR count). The Morgan fingerprint density at radius 2 is 1.86 bits per heavy atom. The van der Waals surface area contributed by atoms with E-state index in [0.29, 0.717) is 5.92 Å². The van der Waals surface area contributed by atoms with Gasteiger partial charge in [-0.3, -0.25) is 11.3 Å². The Morgan fingerprint density at radius 1 is 1.14 bits per heavy atom. The van der Waals surface area contributed by atoms with Crippen LogP contribution in [-0.4, -0.2) is 9.78 Å². The quantitative estimate of drug-likeness (QED) is 0.669. The van der Waals surface area contributed by atoms with Gasteiger partial charge >= 0.3 is 0 Å². The predicted molar refractivity (Wildman–Crippen MR) is 84.8 cm³/mol. The summed E-state index contributed by atoms with van der Waals surface area (Å²) in [6.45, 7) is 2.34. The molecule has 1 aromatic carbocycles. The van der Waals surface area contributed by atoms with Gasteiger partial charge in [-0.05, 0) is 42.9 Å². The average molecular weight is 284 g/mol. The van der Waals surface area contributed by atoms with Crippen molar-refractivity contribution in [2.75, 3.05) is 0 Å². The summed E-state index contributed by atoms with van der Waals surface area (Å²) in [5, 5.41) is 4.72. The Bertz CT molecular complexity index is 555. The summed E-state index contributed by atoms with van der Waals surface area (Å²) < 4.78 is 1.92. The molecule has 3 N–H and O–H groups in total. The number of rotatable bonds is 4. The van der Waals surface area contributed by atoms with Crippen LogP contribution in [0.3, 0.4) is 0 Å². The maximum absolute atomic E-state index is 5.82. The van der Waals surface area contributed by atoms with Crippen LogP contribution in [0.1, 0.15) is 44.3 Å². The van der Waals surface area contributed by atoms with Gasteiger partial charge < -0.3 is 0 Å². The van der Waals surface area contributed by atoms with Gasteiger partial charge in [-0.15, -0.1) is 0 Å². The molecule has 0 spiro atoms. The van der Waals surface area contributed by atoms with Gasteiger partial charge in [0, 0.05) is 6.20 Å². The Balaban J connectivity index is 1.77. The molecular weight excluding hydrogens is 260 g/mol. The van der Waals surface area contributed by atoms with E-state index in [-0.39, 0.29) is 6.04 Å². The number of nitrogens with zero attached hydrogens (tertiary/aromatic N) is 2. The molecule has 112 valence electrons.